The second-order valence-corrected chi connectivity index (χ2v) is 7.64. The first-order chi connectivity index (χ1) is 11.7. The Bertz CT molecular complexity index is 567. The molecule has 1 aliphatic heterocycles. The lowest BCUT2D eigenvalue weighted by molar-refractivity contribution is 0.0600. The number of carbonyl (C=O) groups is 1. The number of halogens is 1. The van der Waals surface area contributed by atoms with Crippen LogP contribution in [0, 0.1) is 0 Å². The van der Waals surface area contributed by atoms with Crippen LogP contribution in [0.2, 0.25) is 0 Å². The molecular weight excluding hydrogens is 370 g/mol. The summed E-state index contributed by atoms with van der Waals surface area (Å²) in [5.41, 5.74) is 0.474. The highest BCUT2D eigenvalue weighted by Crippen LogP contribution is 2.28. The Morgan fingerprint density at radius 3 is 2.50 bits per heavy atom. The molecule has 0 amide bonds. The predicted molar refractivity (Wildman–Crippen MR) is 98.5 cm³/mol. The average molecular weight is 396 g/mol. The van der Waals surface area contributed by atoms with Gasteiger partial charge in [-0.15, -0.1) is 0 Å². The third-order valence-electron chi connectivity index (χ3n) is 5.11. The minimum absolute atomic E-state index is 0.356. The number of nitrogens with zero attached hydrogens (tertiary/aromatic N) is 2. The van der Waals surface area contributed by atoms with Crippen LogP contribution < -0.4 is 10.2 Å². The molecule has 1 aromatic heterocycles. The van der Waals surface area contributed by atoms with E-state index in [0.29, 0.717) is 11.6 Å². The fourth-order valence-corrected chi connectivity index (χ4v) is 4.35. The first-order valence-electron chi connectivity index (χ1n) is 8.92. The maximum atomic E-state index is 11.6. The normalized spacial score (nSPS) is 20.2. The molecule has 2 fully saturated rings. The molecule has 1 N–H and O–H groups in total. The molecule has 0 radical (unpaired) electrons. The first kappa shape index (κ1) is 17.7. The summed E-state index contributed by atoms with van der Waals surface area (Å²) in [7, 11) is 1.38. The van der Waals surface area contributed by atoms with Crippen LogP contribution in [-0.4, -0.2) is 43.2 Å². The Kier molecular flexibility index (Phi) is 6.11. The van der Waals surface area contributed by atoms with Crippen molar-refractivity contribution < 1.29 is 9.53 Å². The van der Waals surface area contributed by atoms with Gasteiger partial charge in [0.25, 0.3) is 0 Å². The minimum Gasteiger partial charge on any atom is -0.465 e. The van der Waals surface area contributed by atoms with E-state index in [2.05, 4.69) is 31.1 Å². The van der Waals surface area contributed by atoms with Crippen molar-refractivity contribution in [2.24, 2.45) is 0 Å². The molecule has 1 saturated heterocycles. The maximum absolute atomic E-state index is 11.6. The first-order valence-corrected chi connectivity index (χ1v) is 9.71. The van der Waals surface area contributed by atoms with Crippen LogP contribution in [0.25, 0.3) is 0 Å². The van der Waals surface area contributed by atoms with Crippen molar-refractivity contribution in [2.75, 3.05) is 25.1 Å². The lowest BCUT2D eigenvalue weighted by Crippen LogP contribution is -2.47. The molecule has 2 heterocycles. The topological polar surface area (TPSA) is 54.5 Å². The SMILES string of the molecule is COC(=O)c1cnc(N2CCC(NC3CCCCC3)CC2)c(Br)c1. The second-order valence-electron chi connectivity index (χ2n) is 6.78. The number of anilines is 1. The molecule has 132 valence electrons. The minimum atomic E-state index is -0.356. The number of nitrogens with one attached hydrogen (secondary N) is 1. The number of methoxy groups -OCH3 is 1. The second kappa shape index (κ2) is 8.30. The Morgan fingerprint density at radius 1 is 1.21 bits per heavy atom. The zero-order valence-electron chi connectivity index (χ0n) is 14.3. The van der Waals surface area contributed by atoms with Gasteiger partial charge >= 0.3 is 5.97 Å². The van der Waals surface area contributed by atoms with Crippen molar-refractivity contribution in [1.82, 2.24) is 10.3 Å². The zero-order chi connectivity index (χ0) is 16.9. The van der Waals surface area contributed by atoms with Crippen LogP contribution in [-0.2, 0) is 4.74 Å². The van der Waals surface area contributed by atoms with Crippen molar-refractivity contribution in [1.29, 1.82) is 0 Å². The molecule has 1 aromatic rings. The van der Waals surface area contributed by atoms with Crippen molar-refractivity contribution in [2.45, 2.75) is 57.0 Å². The number of hydrogen-bond acceptors (Lipinski definition) is 5. The summed E-state index contributed by atoms with van der Waals surface area (Å²) in [4.78, 5) is 18.3. The highest BCUT2D eigenvalue weighted by atomic mass is 79.9. The summed E-state index contributed by atoms with van der Waals surface area (Å²) in [6, 6.07) is 3.14. The molecule has 5 nitrogen and oxygen atoms in total. The number of carbonyl (C=O) groups excluding carboxylic acids is 1. The van der Waals surface area contributed by atoms with Crippen LogP contribution in [0.15, 0.2) is 16.7 Å². The van der Waals surface area contributed by atoms with Gasteiger partial charge in [-0.25, -0.2) is 9.78 Å². The number of pyridine rings is 1. The molecular formula is C18H26BrN3O2. The van der Waals surface area contributed by atoms with E-state index >= 15 is 0 Å². The maximum Gasteiger partial charge on any atom is 0.339 e. The monoisotopic (exact) mass is 395 g/mol. The molecule has 0 atom stereocenters. The van der Waals surface area contributed by atoms with E-state index in [1.807, 2.05) is 0 Å². The summed E-state index contributed by atoms with van der Waals surface area (Å²) in [5.74, 6) is 0.559. The van der Waals surface area contributed by atoms with Gasteiger partial charge in [0, 0.05) is 31.4 Å². The molecule has 2 aliphatic rings. The summed E-state index contributed by atoms with van der Waals surface area (Å²) >= 11 is 3.55. The molecule has 0 unspecified atom stereocenters. The van der Waals surface area contributed by atoms with Gasteiger partial charge in [0.1, 0.15) is 5.82 Å². The molecule has 1 saturated carbocycles. The van der Waals surface area contributed by atoms with E-state index in [-0.39, 0.29) is 5.97 Å². The van der Waals surface area contributed by atoms with Gasteiger partial charge in [-0.2, -0.15) is 0 Å². The molecule has 3 rings (SSSR count). The summed E-state index contributed by atoms with van der Waals surface area (Å²) in [6.45, 7) is 1.99. The van der Waals surface area contributed by atoms with Gasteiger partial charge in [0.05, 0.1) is 17.1 Å². The van der Waals surface area contributed by atoms with Crippen LogP contribution in [0.3, 0.4) is 0 Å². The van der Waals surface area contributed by atoms with Crippen LogP contribution in [0.1, 0.15) is 55.3 Å². The van der Waals surface area contributed by atoms with Crippen molar-refractivity contribution in [3.63, 3.8) is 0 Å². The fraction of sp³-hybridized carbons (Fsp3) is 0.667. The number of hydrogen-bond donors (Lipinski definition) is 1. The van der Waals surface area contributed by atoms with Gasteiger partial charge in [-0.3, -0.25) is 0 Å². The van der Waals surface area contributed by atoms with Gasteiger partial charge in [0.15, 0.2) is 0 Å². The molecule has 0 spiro atoms. The highest BCUT2D eigenvalue weighted by Gasteiger charge is 2.24. The van der Waals surface area contributed by atoms with Gasteiger partial charge in [0.2, 0.25) is 0 Å². The van der Waals surface area contributed by atoms with Gasteiger partial charge < -0.3 is 15.0 Å². The smallest absolute Gasteiger partial charge is 0.339 e. The summed E-state index contributed by atoms with van der Waals surface area (Å²) < 4.78 is 5.59. The number of esters is 1. The number of aromatic nitrogens is 1. The highest BCUT2D eigenvalue weighted by molar-refractivity contribution is 9.10. The van der Waals surface area contributed by atoms with E-state index in [9.17, 15) is 4.79 Å². The lowest BCUT2D eigenvalue weighted by Gasteiger charge is -2.36. The largest absolute Gasteiger partial charge is 0.465 e. The fourth-order valence-electron chi connectivity index (χ4n) is 3.75. The third-order valence-corrected chi connectivity index (χ3v) is 5.70. The number of rotatable bonds is 4. The average Bonchev–Trinajstić information content (AvgIpc) is 2.62. The number of piperidine rings is 1. The Labute approximate surface area is 152 Å². The molecule has 6 heteroatoms. The van der Waals surface area contributed by atoms with Crippen LogP contribution in [0.4, 0.5) is 5.82 Å². The Balaban J connectivity index is 1.55. The van der Waals surface area contributed by atoms with Crippen molar-refractivity contribution in [3.05, 3.63) is 22.3 Å². The standard InChI is InChI=1S/C18H26BrN3O2/c1-24-18(23)13-11-16(19)17(20-12-13)22-9-7-15(8-10-22)21-14-5-3-2-4-6-14/h11-12,14-15,21H,2-10H2,1H3. The quantitative estimate of drug-likeness (QED) is 0.790. The third kappa shape index (κ3) is 4.28. The van der Waals surface area contributed by atoms with Crippen molar-refractivity contribution >= 4 is 27.7 Å². The summed E-state index contributed by atoms with van der Waals surface area (Å²) in [6.07, 6.45) is 10.7. The van der Waals surface area contributed by atoms with E-state index in [1.54, 1.807) is 12.3 Å². The molecule has 1 aliphatic carbocycles. The Morgan fingerprint density at radius 2 is 1.88 bits per heavy atom. The van der Waals surface area contributed by atoms with Crippen LogP contribution >= 0.6 is 15.9 Å². The van der Waals surface area contributed by atoms with E-state index in [0.717, 1.165) is 42.3 Å². The van der Waals surface area contributed by atoms with Crippen LogP contribution in [0.5, 0.6) is 0 Å². The van der Waals surface area contributed by atoms with Gasteiger partial charge in [-0.05, 0) is 47.7 Å². The molecule has 0 aromatic carbocycles. The predicted octanol–water partition coefficient (Wildman–Crippen LogP) is 3.52. The Hall–Kier alpha value is -1.14. The van der Waals surface area contributed by atoms with Gasteiger partial charge in [-0.1, -0.05) is 19.3 Å². The zero-order valence-corrected chi connectivity index (χ0v) is 15.8. The molecule has 0 bridgehead atoms. The van der Waals surface area contributed by atoms with E-state index < -0.39 is 0 Å². The van der Waals surface area contributed by atoms with E-state index in [4.69, 9.17) is 4.74 Å². The van der Waals surface area contributed by atoms with Crippen molar-refractivity contribution in [3.8, 4) is 0 Å². The summed E-state index contributed by atoms with van der Waals surface area (Å²) in [5, 5.41) is 3.86. The molecule has 24 heavy (non-hydrogen) atoms. The lowest BCUT2D eigenvalue weighted by atomic mass is 9.93. The number of ether oxygens (including phenoxy) is 1. The van der Waals surface area contributed by atoms with E-state index in [1.165, 1.54) is 39.2 Å².